The van der Waals surface area contributed by atoms with Gasteiger partial charge in [-0.1, -0.05) is 44.0 Å². The zero-order valence-electron chi connectivity index (χ0n) is 11.3. The topological polar surface area (TPSA) is 21.8 Å². The van der Waals surface area contributed by atoms with Crippen LogP contribution in [0.15, 0.2) is 45.3 Å². The standard InChI is InChI=1S/C17H12Br2O2/c1-20-17-14-7-10(19)3-5-12(14)11-4-2-9(18)6-13(11)16(17)15-8-21-15/h2-7,15H,8H2,1H3/t15-/m0/s1. The van der Waals surface area contributed by atoms with Crippen molar-refractivity contribution in [2.45, 2.75) is 6.10 Å². The van der Waals surface area contributed by atoms with Gasteiger partial charge in [0.25, 0.3) is 0 Å². The number of ether oxygens (including phenoxy) is 2. The van der Waals surface area contributed by atoms with Crippen molar-refractivity contribution in [3.05, 3.63) is 50.9 Å². The molecule has 0 amide bonds. The second-order valence-corrected chi connectivity index (χ2v) is 6.98. The largest absolute Gasteiger partial charge is 0.496 e. The summed E-state index contributed by atoms with van der Waals surface area (Å²) >= 11 is 7.12. The van der Waals surface area contributed by atoms with Gasteiger partial charge in [0.2, 0.25) is 0 Å². The lowest BCUT2D eigenvalue weighted by Crippen LogP contribution is -1.95. The summed E-state index contributed by atoms with van der Waals surface area (Å²) < 4.78 is 13.4. The molecule has 106 valence electrons. The van der Waals surface area contributed by atoms with Gasteiger partial charge in [0.05, 0.1) is 13.7 Å². The second kappa shape index (κ2) is 4.97. The molecule has 0 unspecified atom stereocenters. The first-order chi connectivity index (χ1) is 10.2. The van der Waals surface area contributed by atoms with Crippen molar-refractivity contribution >= 4 is 53.4 Å². The van der Waals surface area contributed by atoms with E-state index in [1.807, 2.05) is 0 Å². The molecule has 0 aromatic heterocycles. The molecule has 1 fully saturated rings. The number of epoxide rings is 1. The van der Waals surface area contributed by atoms with Crippen LogP contribution in [0.5, 0.6) is 5.75 Å². The first-order valence-electron chi connectivity index (χ1n) is 6.69. The average molecular weight is 408 g/mol. The maximum Gasteiger partial charge on any atom is 0.133 e. The molecule has 1 atom stereocenters. The van der Waals surface area contributed by atoms with Crippen molar-refractivity contribution in [1.82, 2.24) is 0 Å². The molecule has 1 heterocycles. The Kier molecular flexibility index (Phi) is 3.21. The zero-order valence-corrected chi connectivity index (χ0v) is 14.5. The van der Waals surface area contributed by atoms with Gasteiger partial charge < -0.3 is 9.47 Å². The Labute approximate surface area is 139 Å². The van der Waals surface area contributed by atoms with Crippen molar-refractivity contribution in [3.8, 4) is 5.75 Å². The smallest absolute Gasteiger partial charge is 0.133 e. The predicted molar refractivity (Wildman–Crippen MR) is 92.1 cm³/mol. The lowest BCUT2D eigenvalue weighted by atomic mass is 9.94. The summed E-state index contributed by atoms with van der Waals surface area (Å²) in [6.07, 6.45) is 0.139. The number of halogens is 2. The third-order valence-electron chi connectivity index (χ3n) is 3.89. The molecule has 3 aromatic rings. The fraction of sp³-hybridized carbons (Fsp3) is 0.176. The number of benzene rings is 3. The Hall–Kier alpha value is -1.10. The van der Waals surface area contributed by atoms with E-state index in [2.05, 4.69) is 68.3 Å². The number of fused-ring (bicyclic) bond motifs is 3. The van der Waals surface area contributed by atoms with Crippen LogP contribution >= 0.6 is 31.9 Å². The third-order valence-corrected chi connectivity index (χ3v) is 4.88. The van der Waals surface area contributed by atoms with Crippen molar-refractivity contribution in [2.75, 3.05) is 13.7 Å². The maximum atomic E-state index is 5.75. The van der Waals surface area contributed by atoms with E-state index in [4.69, 9.17) is 9.47 Å². The predicted octanol–water partition coefficient (Wildman–Crippen LogP) is 5.60. The summed E-state index contributed by atoms with van der Waals surface area (Å²) in [5.41, 5.74) is 1.15. The molecule has 4 rings (SSSR count). The van der Waals surface area contributed by atoms with Crippen LogP contribution in [0.1, 0.15) is 11.7 Å². The fourth-order valence-electron chi connectivity index (χ4n) is 2.94. The van der Waals surface area contributed by atoms with Gasteiger partial charge in [-0.05, 0) is 40.4 Å². The Bertz CT molecular complexity index is 870. The molecule has 3 aromatic carbocycles. The lowest BCUT2D eigenvalue weighted by molar-refractivity contribution is 0.388. The van der Waals surface area contributed by atoms with Crippen molar-refractivity contribution in [1.29, 1.82) is 0 Å². The van der Waals surface area contributed by atoms with Gasteiger partial charge in [0.15, 0.2) is 0 Å². The zero-order chi connectivity index (χ0) is 14.6. The molecule has 0 N–H and O–H groups in total. The molecular formula is C17H12Br2O2. The summed E-state index contributed by atoms with van der Waals surface area (Å²) in [6, 6.07) is 12.7. The SMILES string of the molecule is COc1c([C@@H]2CO2)c2cc(Br)ccc2c2ccc(Br)cc12. The third kappa shape index (κ3) is 2.17. The molecule has 1 aliphatic heterocycles. The molecule has 4 heteroatoms. The van der Waals surface area contributed by atoms with Gasteiger partial charge in [-0.2, -0.15) is 0 Å². The Morgan fingerprint density at radius 2 is 1.52 bits per heavy atom. The number of hydrogen-bond donors (Lipinski definition) is 0. The highest BCUT2D eigenvalue weighted by Crippen LogP contribution is 2.47. The number of hydrogen-bond acceptors (Lipinski definition) is 2. The molecular weight excluding hydrogens is 396 g/mol. The van der Waals surface area contributed by atoms with Crippen LogP contribution in [0.4, 0.5) is 0 Å². The minimum atomic E-state index is 0.139. The lowest BCUT2D eigenvalue weighted by Gasteiger charge is -2.15. The summed E-state index contributed by atoms with van der Waals surface area (Å²) in [5, 5.41) is 4.74. The van der Waals surface area contributed by atoms with Gasteiger partial charge in [-0.25, -0.2) is 0 Å². The van der Waals surface area contributed by atoms with E-state index < -0.39 is 0 Å². The highest BCUT2D eigenvalue weighted by Gasteiger charge is 2.31. The van der Waals surface area contributed by atoms with E-state index >= 15 is 0 Å². The van der Waals surface area contributed by atoms with Gasteiger partial charge in [0, 0.05) is 19.9 Å². The van der Waals surface area contributed by atoms with Crippen LogP contribution < -0.4 is 4.74 Å². The van der Waals surface area contributed by atoms with E-state index in [-0.39, 0.29) is 6.10 Å². The van der Waals surface area contributed by atoms with Crippen LogP contribution in [-0.4, -0.2) is 13.7 Å². The van der Waals surface area contributed by atoms with Gasteiger partial charge in [0.1, 0.15) is 11.9 Å². The molecule has 0 radical (unpaired) electrons. The molecule has 0 bridgehead atoms. The Morgan fingerprint density at radius 1 is 0.952 bits per heavy atom. The minimum Gasteiger partial charge on any atom is -0.496 e. The summed E-state index contributed by atoms with van der Waals surface area (Å²) in [7, 11) is 1.73. The Morgan fingerprint density at radius 3 is 2.10 bits per heavy atom. The molecule has 2 nitrogen and oxygen atoms in total. The number of methoxy groups -OCH3 is 1. The average Bonchev–Trinajstić information content (AvgIpc) is 3.29. The highest BCUT2D eigenvalue weighted by atomic mass is 79.9. The maximum absolute atomic E-state index is 5.75. The quantitative estimate of drug-likeness (QED) is 0.407. The van der Waals surface area contributed by atoms with Crippen molar-refractivity contribution in [2.24, 2.45) is 0 Å². The van der Waals surface area contributed by atoms with Gasteiger partial charge in [-0.3, -0.25) is 0 Å². The molecule has 0 spiro atoms. The normalized spacial score (nSPS) is 17.4. The highest BCUT2D eigenvalue weighted by molar-refractivity contribution is 9.10. The first-order valence-corrected chi connectivity index (χ1v) is 8.27. The second-order valence-electron chi connectivity index (χ2n) is 5.15. The molecule has 1 saturated heterocycles. The van der Waals surface area contributed by atoms with Crippen LogP contribution in [0.2, 0.25) is 0 Å². The van der Waals surface area contributed by atoms with Gasteiger partial charge >= 0.3 is 0 Å². The van der Waals surface area contributed by atoms with Crippen molar-refractivity contribution in [3.63, 3.8) is 0 Å². The first kappa shape index (κ1) is 13.6. The van der Waals surface area contributed by atoms with Crippen molar-refractivity contribution < 1.29 is 9.47 Å². The summed E-state index contributed by atoms with van der Waals surface area (Å²) in [5.74, 6) is 0.916. The van der Waals surface area contributed by atoms with E-state index in [1.54, 1.807) is 7.11 Å². The van der Waals surface area contributed by atoms with E-state index in [0.717, 1.165) is 32.3 Å². The fourth-order valence-corrected chi connectivity index (χ4v) is 3.66. The van der Waals surface area contributed by atoms with Crippen LogP contribution in [0.3, 0.4) is 0 Å². The molecule has 0 aliphatic carbocycles. The van der Waals surface area contributed by atoms with E-state index in [0.29, 0.717) is 0 Å². The Balaban J connectivity index is 2.25. The van der Waals surface area contributed by atoms with Crippen LogP contribution in [0, 0.1) is 0 Å². The molecule has 0 saturated carbocycles. The monoisotopic (exact) mass is 406 g/mol. The van der Waals surface area contributed by atoms with Crippen LogP contribution in [0.25, 0.3) is 21.5 Å². The molecule has 1 aliphatic rings. The minimum absolute atomic E-state index is 0.139. The summed E-state index contributed by atoms with van der Waals surface area (Å²) in [6.45, 7) is 0.761. The summed E-state index contributed by atoms with van der Waals surface area (Å²) in [4.78, 5) is 0. The number of rotatable bonds is 2. The van der Waals surface area contributed by atoms with Gasteiger partial charge in [-0.15, -0.1) is 0 Å². The molecule has 21 heavy (non-hydrogen) atoms. The van der Waals surface area contributed by atoms with Crippen LogP contribution in [-0.2, 0) is 4.74 Å². The van der Waals surface area contributed by atoms with E-state index in [1.165, 1.54) is 16.2 Å². The van der Waals surface area contributed by atoms with E-state index in [9.17, 15) is 0 Å².